The number of epoxide rings is 1. The second kappa shape index (κ2) is 4.69. The standard InChI is InChI=1S/C10H10ClN3O4S2/c1-20(15,16)18-9-12-6-14(13-9)4-10(5-17-10)7-2-3-8(11)19-7/h2-3,6H,4-5H2,1H3. The van der Waals surface area contributed by atoms with Gasteiger partial charge in [0.05, 0.1) is 23.7 Å². The maximum absolute atomic E-state index is 11.0. The van der Waals surface area contributed by atoms with E-state index in [2.05, 4.69) is 14.3 Å². The van der Waals surface area contributed by atoms with Gasteiger partial charge in [-0.15, -0.1) is 16.4 Å². The van der Waals surface area contributed by atoms with Gasteiger partial charge >= 0.3 is 16.1 Å². The van der Waals surface area contributed by atoms with E-state index in [1.807, 2.05) is 12.1 Å². The van der Waals surface area contributed by atoms with Gasteiger partial charge in [-0.3, -0.25) is 0 Å². The topological polar surface area (TPSA) is 86.6 Å². The highest BCUT2D eigenvalue weighted by molar-refractivity contribution is 7.86. The predicted molar refractivity (Wildman–Crippen MR) is 72.5 cm³/mol. The Kier molecular flexibility index (Phi) is 3.24. The fraction of sp³-hybridized carbons (Fsp3) is 0.400. The number of halogens is 1. The van der Waals surface area contributed by atoms with E-state index in [4.69, 9.17) is 16.3 Å². The van der Waals surface area contributed by atoms with Gasteiger partial charge in [-0.25, -0.2) is 4.68 Å². The Bertz CT molecular complexity index is 735. The molecule has 0 aromatic carbocycles. The summed E-state index contributed by atoms with van der Waals surface area (Å²) in [4.78, 5) is 4.79. The van der Waals surface area contributed by atoms with Gasteiger partial charge in [-0.1, -0.05) is 11.6 Å². The average Bonchev–Trinajstić information content (AvgIpc) is 2.76. The third-order valence-electron chi connectivity index (χ3n) is 2.67. The van der Waals surface area contributed by atoms with Crippen LogP contribution in [0.3, 0.4) is 0 Å². The van der Waals surface area contributed by atoms with Gasteiger partial charge in [0.25, 0.3) is 0 Å². The quantitative estimate of drug-likeness (QED) is 0.604. The molecule has 0 radical (unpaired) electrons. The van der Waals surface area contributed by atoms with Gasteiger partial charge in [0.1, 0.15) is 11.9 Å². The molecule has 1 aliphatic rings. The van der Waals surface area contributed by atoms with Crippen LogP contribution in [0.1, 0.15) is 4.88 Å². The molecular formula is C10H10ClN3O4S2. The largest absolute Gasteiger partial charge is 0.362 e. The molecule has 1 saturated heterocycles. The number of aromatic nitrogens is 3. The van der Waals surface area contributed by atoms with E-state index in [1.165, 1.54) is 22.3 Å². The van der Waals surface area contributed by atoms with E-state index >= 15 is 0 Å². The van der Waals surface area contributed by atoms with Crippen LogP contribution in [0.25, 0.3) is 0 Å². The normalized spacial score (nSPS) is 21.9. The lowest BCUT2D eigenvalue weighted by atomic mass is 10.1. The molecule has 0 N–H and O–H groups in total. The van der Waals surface area contributed by atoms with Gasteiger partial charge < -0.3 is 8.92 Å². The Balaban J connectivity index is 1.75. The highest BCUT2D eigenvalue weighted by Crippen LogP contribution is 2.44. The first-order valence-electron chi connectivity index (χ1n) is 5.55. The van der Waals surface area contributed by atoms with Crippen molar-refractivity contribution < 1.29 is 17.3 Å². The third-order valence-corrected chi connectivity index (χ3v) is 4.54. The number of ether oxygens (including phenoxy) is 1. The second-order valence-corrected chi connectivity index (χ2v) is 7.69. The summed E-state index contributed by atoms with van der Waals surface area (Å²) in [5.41, 5.74) is -0.451. The molecule has 1 aliphatic heterocycles. The predicted octanol–water partition coefficient (Wildman–Crippen LogP) is 1.26. The van der Waals surface area contributed by atoms with Crippen molar-refractivity contribution in [1.29, 1.82) is 0 Å². The smallest absolute Gasteiger partial charge is 0.351 e. The van der Waals surface area contributed by atoms with Crippen molar-refractivity contribution in [2.45, 2.75) is 12.1 Å². The number of rotatable bonds is 5. The molecule has 108 valence electrons. The van der Waals surface area contributed by atoms with Crippen LogP contribution < -0.4 is 4.18 Å². The lowest BCUT2D eigenvalue weighted by Gasteiger charge is -2.08. The maximum Gasteiger partial charge on any atom is 0.351 e. The van der Waals surface area contributed by atoms with E-state index in [1.54, 1.807) is 0 Å². The summed E-state index contributed by atoms with van der Waals surface area (Å²) >= 11 is 7.36. The van der Waals surface area contributed by atoms with E-state index < -0.39 is 15.7 Å². The molecule has 0 saturated carbocycles. The van der Waals surface area contributed by atoms with Crippen molar-refractivity contribution in [2.75, 3.05) is 12.9 Å². The number of hydrogen-bond donors (Lipinski definition) is 0. The number of thiophene rings is 1. The molecule has 0 bridgehead atoms. The van der Waals surface area contributed by atoms with Crippen LogP contribution in [0.15, 0.2) is 18.5 Å². The van der Waals surface area contributed by atoms with E-state index in [9.17, 15) is 8.42 Å². The van der Waals surface area contributed by atoms with Crippen LogP contribution in [-0.2, 0) is 27.0 Å². The van der Waals surface area contributed by atoms with E-state index in [0.717, 1.165) is 11.1 Å². The van der Waals surface area contributed by atoms with Crippen molar-refractivity contribution in [3.8, 4) is 6.01 Å². The minimum atomic E-state index is -3.63. The summed E-state index contributed by atoms with van der Waals surface area (Å²) in [5.74, 6) is 0. The van der Waals surface area contributed by atoms with Crippen molar-refractivity contribution >= 4 is 33.1 Å². The van der Waals surface area contributed by atoms with Crippen molar-refractivity contribution in [3.63, 3.8) is 0 Å². The molecular weight excluding hydrogens is 326 g/mol. The zero-order chi connectivity index (χ0) is 14.4. The van der Waals surface area contributed by atoms with E-state index in [0.29, 0.717) is 17.5 Å². The summed E-state index contributed by atoms with van der Waals surface area (Å²) in [5, 5.41) is 3.95. The Labute approximate surface area is 124 Å². The average molecular weight is 336 g/mol. The monoisotopic (exact) mass is 335 g/mol. The summed E-state index contributed by atoms with van der Waals surface area (Å²) in [6.07, 6.45) is 2.34. The lowest BCUT2D eigenvalue weighted by molar-refractivity contribution is 0.272. The molecule has 0 aliphatic carbocycles. The summed E-state index contributed by atoms with van der Waals surface area (Å²) in [6, 6.07) is 3.52. The van der Waals surface area contributed by atoms with Crippen LogP contribution in [0.4, 0.5) is 0 Å². The summed E-state index contributed by atoms with van der Waals surface area (Å²) in [7, 11) is -3.63. The Morgan fingerprint density at radius 3 is 2.90 bits per heavy atom. The second-order valence-electron chi connectivity index (χ2n) is 4.40. The fourth-order valence-electron chi connectivity index (χ4n) is 1.75. The Morgan fingerprint density at radius 2 is 2.35 bits per heavy atom. The lowest BCUT2D eigenvalue weighted by Crippen LogP contribution is -2.17. The van der Waals surface area contributed by atoms with Crippen molar-refractivity contribution in [3.05, 3.63) is 27.7 Å². The molecule has 20 heavy (non-hydrogen) atoms. The van der Waals surface area contributed by atoms with Crippen LogP contribution in [-0.4, -0.2) is 36.0 Å². The van der Waals surface area contributed by atoms with E-state index in [-0.39, 0.29) is 6.01 Å². The molecule has 0 amide bonds. The van der Waals surface area contributed by atoms with Gasteiger partial charge in [-0.2, -0.15) is 13.4 Å². The first kappa shape index (κ1) is 13.8. The molecule has 0 spiro atoms. The van der Waals surface area contributed by atoms with Gasteiger partial charge in [0, 0.05) is 4.88 Å². The van der Waals surface area contributed by atoms with Gasteiger partial charge in [0.15, 0.2) is 0 Å². The van der Waals surface area contributed by atoms with Gasteiger partial charge in [0.2, 0.25) is 0 Å². The Morgan fingerprint density at radius 1 is 1.60 bits per heavy atom. The highest BCUT2D eigenvalue weighted by atomic mass is 35.5. The highest BCUT2D eigenvalue weighted by Gasteiger charge is 2.48. The third kappa shape index (κ3) is 2.95. The molecule has 1 atom stereocenters. The SMILES string of the molecule is CS(=O)(=O)Oc1ncn(CC2(c3ccc(Cl)s3)CO2)n1. The summed E-state index contributed by atoms with van der Waals surface area (Å²) in [6.45, 7) is 0.982. The van der Waals surface area contributed by atoms with Crippen LogP contribution in [0, 0.1) is 0 Å². The van der Waals surface area contributed by atoms with Crippen LogP contribution in [0.2, 0.25) is 4.34 Å². The Hall–Kier alpha value is -1.16. The minimum Gasteiger partial charge on any atom is -0.362 e. The van der Waals surface area contributed by atoms with Crippen LogP contribution in [0.5, 0.6) is 6.01 Å². The molecule has 7 nitrogen and oxygen atoms in total. The zero-order valence-corrected chi connectivity index (χ0v) is 12.7. The van der Waals surface area contributed by atoms with Gasteiger partial charge in [-0.05, 0) is 12.1 Å². The fourth-order valence-corrected chi connectivity index (χ4v) is 3.26. The first-order valence-corrected chi connectivity index (χ1v) is 8.56. The molecule has 1 fully saturated rings. The molecule has 3 rings (SSSR count). The minimum absolute atomic E-state index is 0.201. The van der Waals surface area contributed by atoms with Crippen molar-refractivity contribution in [2.24, 2.45) is 0 Å². The molecule has 3 heterocycles. The summed E-state index contributed by atoms with van der Waals surface area (Å²) < 4.78 is 34.3. The molecule has 2 aromatic heterocycles. The van der Waals surface area contributed by atoms with Crippen LogP contribution >= 0.6 is 22.9 Å². The van der Waals surface area contributed by atoms with Crippen molar-refractivity contribution in [1.82, 2.24) is 14.8 Å². The molecule has 10 heteroatoms. The number of hydrogen-bond acceptors (Lipinski definition) is 7. The maximum atomic E-state index is 11.0. The number of nitrogens with zero attached hydrogens (tertiary/aromatic N) is 3. The first-order chi connectivity index (χ1) is 9.36. The zero-order valence-electron chi connectivity index (χ0n) is 10.3. The molecule has 2 aromatic rings. The molecule has 1 unspecified atom stereocenters.